The fourth-order valence-corrected chi connectivity index (χ4v) is 3.48. The molecule has 0 aliphatic heterocycles. The summed E-state index contributed by atoms with van der Waals surface area (Å²) >= 11 is 0. The minimum absolute atomic E-state index is 0.205. The van der Waals surface area contributed by atoms with Crippen molar-refractivity contribution in [2.75, 3.05) is 0 Å². The van der Waals surface area contributed by atoms with Crippen LogP contribution in [0.2, 0.25) is 0 Å². The molecule has 2 aliphatic carbocycles. The number of benzene rings is 1. The van der Waals surface area contributed by atoms with Gasteiger partial charge >= 0.3 is 0 Å². The van der Waals surface area contributed by atoms with Crippen LogP contribution in [0.4, 0.5) is 13.2 Å². The number of carbonyl (C=O) groups excluding carboxylic acids is 1. The largest absolute Gasteiger partial charge is 0.294 e. The van der Waals surface area contributed by atoms with Crippen molar-refractivity contribution in [3.05, 3.63) is 35.1 Å². The van der Waals surface area contributed by atoms with Gasteiger partial charge in [0.2, 0.25) is 0 Å². The smallest absolute Gasteiger partial charge is 0.195 e. The summed E-state index contributed by atoms with van der Waals surface area (Å²) in [6.07, 6.45) is 3.91. The molecule has 96 valence electrons. The minimum Gasteiger partial charge on any atom is -0.294 e. The first-order valence-corrected chi connectivity index (χ1v) is 6.25. The Morgan fingerprint density at radius 3 is 2.44 bits per heavy atom. The van der Waals surface area contributed by atoms with Crippen LogP contribution in [0.25, 0.3) is 0 Å². The van der Waals surface area contributed by atoms with Gasteiger partial charge < -0.3 is 0 Å². The van der Waals surface area contributed by atoms with Crippen LogP contribution in [-0.2, 0) is 0 Å². The predicted molar refractivity (Wildman–Crippen MR) is 59.6 cm³/mol. The average Bonchev–Trinajstić information content (AvgIpc) is 2.97. The summed E-state index contributed by atoms with van der Waals surface area (Å²) in [5.41, 5.74) is -0.300. The third kappa shape index (κ3) is 1.66. The van der Waals surface area contributed by atoms with E-state index in [1.807, 2.05) is 0 Å². The molecule has 0 saturated heterocycles. The SMILES string of the molecule is O=C(c1ccc(F)c(F)c1F)C1CC2CCC1C2. The monoisotopic (exact) mass is 254 g/mol. The highest BCUT2D eigenvalue weighted by atomic mass is 19.2. The lowest BCUT2D eigenvalue weighted by molar-refractivity contribution is 0.0869. The Morgan fingerprint density at radius 1 is 1.06 bits per heavy atom. The fourth-order valence-electron chi connectivity index (χ4n) is 3.48. The van der Waals surface area contributed by atoms with Crippen LogP contribution in [0.3, 0.4) is 0 Å². The molecule has 1 aromatic carbocycles. The van der Waals surface area contributed by atoms with E-state index in [1.165, 1.54) is 0 Å². The second-order valence-corrected chi connectivity index (χ2v) is 5.37. The number of hydrogen-bond acceptors (Lipinski definition) is 1. The molecule has 4 heteroatoms. The Morgan fingerprint density at radius 2 is 1.83 bits per heavy atom. The van der Waals surface area contributed by atoms with Gasteiger partial charge in [0.1, 0.15) is 0 Å². The summed E-state index contributed by atoms with van der Waals surface area (Å²) in [6, 6.07) is 1.88. The first kappa shape index (κ1) is 11.8. The van der Waals surface area contributed by atoms with E-state index >= 15 is 0 Å². The lowest BCUT2D eigenvalue weighted by Crippen LogP contribution is -2.22. The van der Waals surface area contributed by atoms with Crippen LogP contribution in [0.15, 0.2) is 12.1 Å². The van der Waals surface area contributed by atoms with Crippen molar-refractivity contribution in [3.63, 3.8) is 0 Å². The van der Waals surface area contributed by atoms with Crippen LogP contribution in [0.5, 0.6) is 0 Å². The molecule has 18 heavy (non-hydrogen) atoms. The normalized spacial score (nSPS) is 29.8. The van der Waals surface area contributed by atoms with Gasteiger partial charge in [-0.05, 0) is 43.2 Å². The van der Waals surface area contributed by atoms with E-state index in [2.05, 4.69) is 0 Å². The molecule has 0 amide bonds. The Balaban J connectivity index is 1.91. The van der Waals surface area contributed by atoms with Crippen molar-refractivity contribution >= 4 is 5.78 Å². The van der Waals surface area contributed by atoms with Crippen molar-refractivity contribution < 1.29 is 18.0 Å². The lowest BCUT2D eigenvalue weighted by atomic mass is 9.83. The maximum atomic E-state index is 13.6. The molecule has 0 N–H and O–H groups in total. The van der Waals surface area contributed by atoms with Gasteiger partial charge in [0, 0.05) is 5.92 Å². The third-order valence-corrected chi connectivity index (χ3v) is 4.38. The van der Waals surface area contributed by atoms with Gasteiger partial charge in [0.15, 0.2) is 23.2 Å². The number of hydrogen-bond donors (Lipinski definition) is 0. The summed E-state index contributed by atoms with van der Waals surface area (Å²) in [6.45, 7) is 0. The van der Waals surface area contributed by atoms with Crippen LogP contribution >= 0.6 is 0 Å². The second kappa shape index (κ2) is 4.11. The number of ketones is 1. The fraction of sp³-hybridized carbons (Fsp3) is 0.500. The minimum atomic E-state index is -1.55. The van der Waals surface area contributed by atoms with Gasteiger partial charge in [-0.3, -0.25) is 4.79 Å². The van der Waals surface area contributed by atoms with Crippen molar-refractivity contribution in [2.24, 2.45) is 17.8 Å². The lowest BCUT2D eigenvalue weighted by Gasteiger charge is -2.20. The molecule has 2 fully saturated rings. The molecule has 3 rings (SSSR count). The van der Waals surface area contributed by atoms with Crippen molar-refractivity contribution in [1.82, 2.24) is 0 Å². The number of rotatable bonds is 2. The van der Waals surface area contributed by atoms with E-state index in [-0.39, 0.29) is 17.3 Å². The first-order chi connectivity index (χ1) is 8.58. The highest BCUT2D eigenvalue weighted by Gasteiger charge is 2.43. The second-order valence-electron chi connectivity index (χ2n) is 5.37. The van der Waals surface area contributed by atoms with E-state index in [0.717, 1.165) is 37.8 Å². The summed E-state index contributed by atoms with van der Waals surface area (Å²) < 4.78 is 39.5. The number of fused-ring (bicyclic) bond motifs is 2. The zero-order valence-electron chi connectivity index (χ0n) is 9.76. The van der Waals surface area contributed by atoms with Crippen molar-refractivity contribution in [3.8, 4) is 0 Å². The Bertz CT molecular complexity index is 512. The molecular weight excluding hydrogens is 241 g/mol. The quantitative estimate of drug-likeness (QED) is 0.580. The highest BCUT2D eigenvalue weighted by Crippen LogP contribution is 2.49. The molecule has 2 aliphatic rings. The number of halogens is 3. The Kier molecular flexibility index (Phi) is 2.68. The standard InChI is InChI=1S/C14H13F3O/c15-11-4-3-9(12(16)13(11)17)14(18)10-6-7-1-2-8(10)5-7/h3-4,7-8,10H,1-2,5-6H2. The van der Waals surface area contributed by atoms with E-state index in [0.29, 0.717) is 11.8 Å². The van der Waals surface area contributed by atoms with Gasteiger partial charge in [-0.1, -0.05) is 6.42 Å². The van der Waals surface area contributed by atoms with Crippen LogP contribution < -0.4 is 0 Å². The molecule has 0 heterocycles. The van der Waals surface area contributed by atoms with Crippen molar-refractivity contribution in [1.29, 1.82) is 0 Å². The number of carbonyl (C=O) groups is 1. The number of Topliss-reactive ketones (excluding diaryl/α,β-unsaturated/α-hetero) is 1. The molecule has 1 nitrogen and oxygen atoms in total. The van der Waals surface area contributed by atoms with Gasteiger partial charge in [-0.25, -0.2) is 13.2 Å². The van der Waals surface area contributed by atoms with E-state index in [4.69, 9.17) is 0 Å². The molecule has 2 bridgehead atoms. The molecule has 0 aromatic heterocycles. The Hall–Kier alpha value is -1.32. The zero-order valence-corrected chi connectivity index (χ0v) is 9.76. The van der Waals surface area contributed by atoms with E-state index in [9.17, 15) is 18.0 Å². The molecular formula is C14H13F3O. The average molecular weight is 254 g/mol. The Labute approximate surface area is 103 Å². The zero-order chi connectivity index (χ0) is 12.9. The molecule has 0 radical (unpaired) electrons. The first-order valence-electron chi connectivity index (χ1n) is 6.25. The van der Waals surface area contributed by atoms with Gasteiger partial charge in [-0.15, -0.1) is 0 Å². The van der Waals surface area contributed by atoms with Gasteiger partial charge in [-0.2, -0.15) is 0 Å². The van der Waals surface area contributed by atoms with Crippen LogP contribution in [0, 0.1) is 35.2 Å². The third-order valence-electron chi connectivity index (χ3n) is 4.38. The van der Waals surface area contributed by atoms with Gasteiger partial charge in [0.05, 0.1) is 5.56 Å². The summed E-state index contributed by atoms with van der Waals surface area (Å²) in [5.74, 6) is -3.86. The topological polar surface area (TPSA) is 17.1 Å². The molecule has 2 saturated carbocycles. The molecule has 1 aromatic rings. The summed E-state index contributed by atoms with van der Waals surface area (Å²) in [5, 5.41) is 0. The molecule has 3 atom stereocenters. The summed E-state index contributed by atoms with van der Waals surface area (Å²) in [7, 11) is 0. The predicted octanol–water partition coefficient (Wildman–Crippen LogP) is 3.72. The maximum Gasteiger partial charge on any atom is 0.195 e. The maximum absolute atomic E-state index is 13.6. The van der Waals surface area contributed by atoms with E-state index < -0.39 is 17.5 Å². The van der Waals surface area contributed by atoms with Crippen LogP contribution in [0.1, 0.15) is 36.0 Å². The highest BCUT2D eigenvalue weighted by molar-refractivity contribution is 5.98. The molecule has 0 spiro atoms. The van der Waals surface area contributed by atoms with E-state index in [1.54, 1.807) is 0 Å². The van der Waals surface area contributed by atoms with Crippen molar-refractivity contribution in [2.45, 2.75) is 25.7 Å². The molecule has 3 unspecified atom stereocenters. The van der Waals surface area contributed by atoms with Crippen LogP contribution in [-0.4, -0.2) is 5.78 Å². The van der Waals surface area contributed by atoms with Gasteiger partial charge in [0.25, 0.3) is 0 Å². The summed E-state index contributed by atoms with van der Waals surface area (Å²) in [4.78, 5) is 12.2.